The number of hydrogen-bond donors (Lipinski definition) is 1. The lowest BCUT2D eigenvalue weighted by atomic mass is 9.60. The van der Waals surface area contributed by atoms with E-state index in [2.05, 4.69) is 247 Å². The zero-order chi connectivity index (χ0) is 42.2. The maximum Gasteiger partial charge on any atom is 0.232 e. The van der Waals surface area contributed by atoms with E-state index in [1.54, 1.807) is 0 Å². The van der Waals surface area contributed by atoms with Crippen LogP contribution >= 0.6 is 0 Å². The van der Waals surface area contributed by atoms with Gasteiger partial charge in [0.15, 0.2) is 0 Å². The molecule has 2 N–H and O–H groups in total. The Balaban J connectivity index is 1.01. The van der Waals surface area contributed by atoms with E-state index in [1.165, 1.54) is 71.9 Å². The van der Waals surface area contributed by atoms with Crippen LogP contribution in [0.15, 0.2) is 242 Å². The first-order chi connectivity index (χ1) is 31.7. The third-order valence-corrected chi connectivity index (χ3v) is 14.2. The predicted octanol–water partition coefficient (Wildman–Crippen LogP) is 13.7. The summed E-state index contributed by atoms with van der Waals surface area (Å²) in [6.45, 7) is 0. The number of anilines is 3. The van der Waals surface area contributed by atoms with Crippen LogP contribution in [0.3, 0.4) is 0 Å². The van der Waals surface area contributed by atoms with Gasteiger partial charge in [0.1, 0.15) is 6.04 Å². The molecule has 3 heteroatoms. The highest BCUT2D eigenvalue weighted by Crippen LogP contribution is 2.66. The molecule has 0 saturated carbocycles. The van der Waals surface area contributed by atoms with Crippen LogP contribution in [0.2, 0.25) is 0 Å². The average molecular weight is 819 g/mol. The van der Waals surface area contributed by atoms with Crippen LogP contribution in [0, 0.1) is 5.92 Å². The molecule has 3 atom stereocenters. The largest absolute Gasteiger partial charge is 0.310 e. The van der Waals surface area contributed by atoms with E-state index in [0.29, 0.717) is 0 Å². The van der Waals surface area contributed by atoms with Gasteiger partial charge in [0.25, 0.3) is 0 Å². The minimum absolute atomic E-state index is 0.111. The number of para-hydroxylation sites is 1. The Bertz CT molecular complexity index is 3350. The zero-order valence-electron chi connectivity index (χ0n) is 35.2. The third-order valence-electron chi connectivity index (χ3n) is 14.2. The standard InChI is InChI=1S/C61H43N3/c1-4-17-40(18-5-1)56-39-57(63-60(62-56)41-19-6-2-7-20-41)48-26-16-25-42(33-48)47-31-32-53-51(34-47)50-29-14-15-30-52(50)61(53)54-35-43-21-10-12-23-45(43)37-58(54)64(49-27-8-3-9-28-49)59-38-46-24-13-11-22-44(46)36-55(59)61/h1-39,50,52,56H,(H,62,63)/p+1. The molecule has 0 bridgehead atoms. The van der Waals surface area contributed by atoms with Gasteiger partial charge < -0.3 is 4.90 Å². The molecule has 9 aromatic carbocycles. The van der Waals surface area contributed by atoms with Crippen LogP contribution in [0.25, 0.3) is 38.4 Å². The quantitative estimate of drug-likeness (QED) is 0.184. The van der Waals surface area contributed by atoms with Crippen molar-refractivity contribution in [1.82, 2.24) is 0 Å². The van der Waals surface area contributed by atoms with Crippen molar-refractivity contribution in [3.8, 4) is 11.1 Å². The van der Waals surface area contributed by atoms with E-state index in [9.17, 15) is 0 Å². The molecule has 0 aromatic heterocycles. The van der Waals surface area contributed by atoms with E-state index in [1.807, 2.05) is 0 Å². The van der Waals surface area contributed by atoms with E-state index >= 15 is 0 Å². The maximum atomic E-state index is 5.32. The van der Waals surface area contributed by atoms with Crippen LogP contribution < -0.4 is 10.2 Å². The van der Waals surface area contributed by atoms with Crippen molar-refractivity contribution in [3.63, 3.8) is 0 Å². The second-order valence-corrected chi connectivity index (χ2v) is 17.6. The second-order valence-electron chi connectivity index (χ2n) is 17.6. The molecular weight excluding hydrogens is 775 g/mol. The number of fused-ring (bicyclic) bond motifs is 11. The lowest BCUT2D eigenvalue weighted by Crippen LogP contribution is -2.89. The number of nitrogens with two attached hydrogens (primary N) is 1. The molecule has 13 rings (SSSR count). The fraction of sp³-hybridized carbons (Fsp3) is 0.0656. The monoisotopic (exact) mass is 818 g/mol. The van der Waals surface area contributed by atoms with E-state index in [-0.39, 0.29) is 17.9 Å². The molecule has 1 spiro atoms. The van der Waals surface area contributed by atoms with Gasteiger partial charge in [-0.25, -0.2) is 0 Å². The lowest BCUT2D eigenvalue weighted by molar-refractivity contribution is -0.575. The van der Waals surface area contributed by atoms with Crippen molar-refractivity contribution in [3.05, 3.63) is 276 Å². The van der Waals surface area contributed by atoms with Crippen LogP contribution in [0.5, 0.6) is 0 Å². The Labute approximate surface area is 373 Å². The van der Waals surface area contributed by atoms with Crippen molar-refractivity contribution < 1.29 is 5.32 Å². The molecule has 2 heterocycles. The number of allylic oxidation sites excluding steroid dienone is 4. The summed E-state index contributed by atoms with van der Waals surface area (Å²) in [5, 5.41) is 7.30. The summed E-state index contributed by atoms with van der Waals surface area (Å²) in [7, 11) is 0. The number of amidine groups is 1. The third kappa shape index (κ3) is 5.68. The van der Waals surface area contributed by atoms with E-state index in [4.69, 9.17) is 4.99 Å². The van der Waals surface area contributed by atoms with Gasteiger partial charge in [0.05, 0.1) is 28.1 Å². The van der Waals surface area contributed by atoms with Gasteiger partial charge in [-0.15, -0.1) is 0 Å². The van der Waals surface area contributed by atoms with Gasteiger partial charge in [-0.2, -0.15) is 4.99 Å². The van der Waals surface area contributed by atoms with Crippen molar-refractivity contribution in [2.45, 2.75) is 17.4 Å². The molecule has 0 amide bonds. The first-order valence-electron chi connectivity index (χ1n) is 22.5. The molecule has 2 aliphatic heterocycles. The summed E-state index contributed by atoms with van der Waals surface area (Å²) < 4.78 is 0. The summed E-state index contributed by atoms with van der Waals surface area (Å²) in [5.74, 6) is 1.35. The van der Waals surface area contributed by atoms with Gasteiger partial charge in [0.2, 0.25) is 5.84 Å². The van der Waals surface area contributed by atoms with Crippen LogP contribution in [0.4, 0.5) is 17.1 Å². The topological polar surface area (TPSA) is 32.2 Å². The summed E-state index contributed by atoms with van der Waals surface area (Å²) in [4.78, 5) is 7.84. The summed E-state index contributed by atoms with van der Waals surface area (Å²) in [6, 6.07) is 76.4. The molecule has 3 nitrogen and oxygen atoms in total. The van der Waals surface area contributed by atoms with Gasteiger partial charge in [0, 0.05) is 34.7 Å². The predicted molar refractivity (Wildman–Crippen MR) is 264 cm³/mol. The Morgan fingerprint density at radius 3 is 1.70 bits per heavy atom. The number of aliphatic imine (C=N–C) groups is 1. The molecule has 302 valence electrons. The van der Waals surface area contributed by atoms with Crippen molar-refractivity contribution in [1.29, 1.82) is 0 Å². The zero-order valence-corrected chi connectivity index (χ0v) is 35.2. The fourth-order valence-corrected chi connectivity index (χ4v) is 11.4. The number of rotatable bonds is 5. The first-order valence-corrected chi connectivity index (χ1v) is 22.5. The molecule has 9 aromatic rings. The minimum atomic E-state index is -0.454. The smallest absolute Gasteiger partial charge is 0.232 e. The Kier molecular flexibility index (Phi) is 8.40. The number of benzene rings is 9. The van der Waals surface area contributed by atoms with Crippen LogP contribution in [-0.2, 0) is 5.41 Å². The number of hydrogen-bond acceptors (Lipinski definition) is 2. The fourth-order valence-electron chi connectivity index (χ4n) is 11.4. The SMILES string of the molecule is C1=CC2c3cc(-c4cccc(C5=CC(c6ccccc6)[NH2+]C(c6ccccc6)=N5)c4)ccc3C3(c4cc5ccccc5cc4N(c4ccccc4)c4cc5ccccc5cc43)C2C=C1. The highest BCUT2D eigenvalue weighted by molar-refractivity contribution is 6.01. The summed E-state index contributed by atoms with van der Waals surface area (Å²) in [5.41, 5.74) is 15.6. The molecule has 0 fully saturated rings. The van der Waals surface area contributed by atoms with Gasteiger partial charge in [-0.3, -0.25) is 5.32 Å². The van der Waals surface area contributed by atoms with E-state index < -0.39 is 5.41 Å². The molecule has 64 heavy (non-hydrogen) atoms. The first kappa shape index (κ1) is 36.8. The Morgan fingerprint density at radius 2 is 1.02 bits per heavy atom. The van der Waals surface area contributed by atoms with Crippen molar-refractivity contribution in [2.75, 3.05) is 4.90 Å². The highest BCUT2D eigenvalue weighted by atomic mass is 15.2. The molecular formula is C61H44N3+. The molecule has 3 unspecified atom stereocenters. The minimum Gasteiger partial charge on any atom is -0.310 e. The Morgan fingerprint density at radius 1 is 0.453 bits per heavy atom. The van der Waals surface area contributed by atoms with Crippen molar-refractivity contribution >= 4 is 50.1 Å². The van der Waals surface area contributed by atoms with E-state index in [0.717, 1.165) is 28.3 Å². The second kappa shape index (κ2) is 14.6. The Hall–Kier alpha value is -7.85. The molecule has 4 aliphatic rings. The van der Waals surface area contributed by atoms with Gasteiger partial charge in [-0.1, -0.05) is 176 Å². The highest BCUT2D eigenvalue weighted by Gasteiger charge is 2.57. The van der Waals surface area contributed by atoms with Crippen LogP contribution in [-0.4, -0.2) is 5.84 Å². The molecule has 0 saturated heterocycles. The summed E-state index contributed by atoms with van der Waals surface area (Å²) >= 11 is 0. The number of quaternary nitrogens is 1. The lowest BCUT2D eigenvalue weighted by Gasteiger charge is -2.48. The van der Waals surface area contributed by atoms with Gasteiger partial charge in [-0.05, 0) is 110 Å². The van der Waals surface area contributed by atoms with Gasteiger partial charge >= 0.3 is 0 Å². The van der Waals surface area contributed by atoms with Crippen LogP contribution in [0.1, 0.15) is 50.9 Å². The molecule has 0 radical (unpaired) electrons. The maximum absolute atomic E-state index is 5.32. The molecule has 2 aliphatic carbocycles. The average Bonchev–Trinajstić information content (AvgIpc) is 3.66. The summed E-state index contributed by atoms with van der Waals surface area (Å²) in [6.07, 6.45) is 11.8. The van der Waals surface area contributed by atoms with Crippen molar-refractivity contribution in [2.24, 2.45) is 10.9 Å². The number of nitrogens with zero attached hydrogens (tertiary/aromatic N) is 2. The normalized spacial score (nSPS) is 18.9.